The van der Waals surface area contributed by atoms with E-state index in [9.17, 15) is 0 Å². The molecule has 0 unspecified atom stereocenters. The topological polar surface area (TPSA) is 175 Å². The molecule has 15 N–H and O–H groups in total. The quantitative estimate of drug-likeness (QED) is 0.450. The molecular formula is H22Cl7N5. The van der Waals surface area contributed by atoms with Gasteiger partial charge < -0.3 is 30.8 Å². The number of hydrogen-bond acceptors (Lipinski definition) is 5. The van der Waals surface area contributed by atoms with Gasteiger partial charge in [0.1, 0.15) is 0 Å². The molecule has 0 saturated carbocycles. The Morgan fingerprint density at radius 1 is 0.167 bits per heavy atom. The number of hydrogen-bond donors (Lipinski definition) is 5. The van der Waals surface area contributed by atoms with Crippen LogP contribution in [0.15, 0.2) is 0 Å². The maximum Gasteiger partial charge on any atom is -0.147 e. The maximum absolute atomic E-state index is 0. The van der Waals surface area contributed by atoms with Gasteiger partial charge in [0.25, 0.3) is 0 Å². The van der Waals surface area contributed by atoms with E-state index >= 15 is 0 Å². The molecule has 0 atom stereocenters. The number of rotatable bonds is 0. The molecule has 0 heterocycles. The standard InChI is InChI=1S/7ClH.5H3N/h7*1H;5*1H3. The summed E-state index contributed by atoms with van der Waals surface area (Å²) < 4.78 is 0. The van der Waals surface area contributed by atoms with Gasteiger partial charge in [-0.05, 0) is 0 Å². The monoisotopic (exact) mass is 337 g/mol. The Labute approximate surface area is 117 Å². The molecule has 0 radical (unpaired) electrons. The Balaban J connectivity index is 0. The van der Waals surface area contributed by atoms with Crippen molar-refractivity contribution < 1.29 is 0 Å². The Bertz CT molecular complexity index is 11.8. The second kappa shape index (κ2) is 536. The minimum Gasteiger partial charge on any atom is -0.344 e. The van der Waals surface area contributed by atoms with E-state index in [1.807, 2.05) is 0 Å². The summed E-state index contributed by atoms with van der Waals surface area (Å²) in [5.74, 6) is 0. The highest BCUT2D eigenvalue weighted by Crippen LogP contribution is 0.696. The summed E-state index contributed by atoms with van der Waals surface area (Å²) in [7, 11) is 0. The Morgan fingerprint density at radius 3 is 0.167 bits per heavy atom. The molecule has 0 rings (SSSR count). The van der Waals surface area contributed by atoms with Crippen molar-refractivity contribution in [2.45, 2.75) is 0 Å². The molecule has 96 valence electrons. The SMILES string of the molecule is Cl.Cl.Cl.Cl.Cl.Cl.Cl.N.N.N.N.N. The minimum absolute atomic E-state index is 0. The van der Waals surface area contributed by atoms with Gasteiger partial charge in [0, 0.05) is 0 Å². The Morgan fingerprint density at radius 2 is 0.167 bits per heavy atom. The predicted molar refractivity (Wildman–Crippen MR) is 75.8 cm³/mol. The van der Waals surface area contributed by atoms with Crippen LogP contribution >= 0.6 is 86.8 Å². The van der Waals surface area contributed by atoms with Crippen molar-refractivity contribution >= 4 is 86.8 Å². The lowest BCUT2D eigenvalue weighted by Crippen LogP contribution is -0.482. The lowest BCUT2D eigenvalue weighted by Gasteiger charge is -0.345. The van der Waals surface area contributed by atoms with Gasteiger partial charge in [-0.1, -0.05) is 0 Å². The van der Waals surface area contributed by atoms with Gasteiger partial charge in [-0.25, -0.2) is 0 Å². The van der Waals surface area contributed by atoms with Crippen LogP contribution in [0, 0.1) is 0 Å². The first kappa shape index (κ1) is 680. The zero-order valence-corrected chi connectivity index (χ0v) is 12.1. The van der Waals surface area contributed by atoms with Gasteiger partial charge >= 0.3 is 0 Å². The molecule has 0 aromatic rings. The van der Waals surface area contributed by atoms with Gasteiger partial charge in [-0.3, -0.25) is 0 Å². The molecule has 0 aliphatic carbocycles. The molecule has 0 spiro atoms. The molecule has 0 fully saturated rings. The minimum atomic E-state index is 0. The summed E-state index contributed by atoms with van der Waals surface area (Å²) in [5, 5.41) is 0. The van der Waals surface area contributed by atoms with Gasteiger partial charge in [-0.15, -0.1) is 86.8 Å². The van der Waals surface area contributed by atoms with Gasteiger partial charge in [0.05, 0.1) is 0 Å². The van der Waals surface area contributed by atoms with E-state index in [-0.39, 0.29) is 118 Å². The molecular weight excluding hydrogens is 318 g/mol. The lowest BCUT2D eigenvalue weighted by molar-refractivity contribution is 2.13. The van der Waals surface area contributed by atoms with Crippen molar-refractivity contribution in [3.63, 3.8) is 0 Å². The van der Waals surface area contributed by atoms with Crippen molar-refractivity contribution in [2.24, 2.45) is 0 Å². The molecule has 0 saturated heterocycles. The third-order valence-corrected chi connectivity index (χ3v) is 0. The van der Waals surface area contributed by atoms with Crippen LogP contribution in [0.4, 0.5) is 0 Å². The van der Waals surface area contributed by atoms with Gasteiger partial charge in [-0.2, -0.15) is 0 Å². The van der Waals surface area contributed by atoms with E-state index in [1.165, 1.54) is 0 Å². The van der Waals surface area contributed by atoms with E-state index in [0.29, 0.717) is 0 Å². The van der Waals surface area contributed by atoms with Crippen LogP contribution in [-0.2, 0) is 0 Å². The van der Waals surface area contributed by atoms with Crippen LogP contribution in [0.5, 0.6) is 0 Å². The van der Waals surface area contributed by atoms with Crippen molar-refractivity contribution in [1.29, 1.82) is 0 Å². The third kappa shape index (κ3) is 414. The first-order chi connectivity index (χ1) is 0. The molecule has 0 amide bonds. The van der Waals surface area contributed by atoms with E-state index in [0.717, 1.165) is 0 Å². The molecule has 5 nitrogen and oxygen atoms in total. The second-order valence-electron chi connectivity index (χ2n) is 0. The lowest BCUT2D eigenvalue weighted by atomic mass is 14.0. The molecule has 12 heavy (non-hydrogen) atoms. The highest BCUT2D eigenvalue weighted by molar-refractivity contribution is 5.86. The average molecular weight is 340 g/mol. The summed E-state index contributed by atoms with van der Waals surface area (Å²) >= 11 is 0. The van der Waals surface area contributed by atoms with Crippen LogP contribution < -0.4 is 30.8 Å². The highest BCUT2D eigenvalue weighted by atomic mass is 35.5. The van der Waals surface area contributed by atoms with E-state index in [2.05, 4.69) is 0 Å². The van der Waals surface area contributed by atoms with Gasteiger partial charge in [0.15, 0.2) is 0 Å². The Hall–Kier alpha value is 1.83. The predicted octanol–water partition coefficient (Wildman–Crippen LogP) is 3.76. The van der Waals surface area contributed by atoms with Crippen LogP contribution in [0.3, 0.4) is 0 Å². The highest BCUT2D eigenvalue weighted by Gasteiger charge is -0.140. The largest absolute Gasteiger partial charge is 0.344 e. The number of halogens is 7. The van der Waals surface area contributed by atoms with Crippen LogP contribution in [0.25, 0.3) is 0 Å². The molecule has 0 aromatic carbocycles. The molecule has 0 bridgehead atoms. The van der Waals surface area contributed by atoms with E-state index in [4.69, 9.17) is 0 Å². The fourth-order valence-corrected chi connectivity index (χ4v) is 0. The second-order valence-corrected chi connectivity index (χ2v) is 0. The smallest absolute Gasteiger partial charge is 0.147 e. The first-order valence-electron chi connectivity index (χ1n) is 0. The van der Waals surface area contributed by atoms with Crippen molar-refractivity contribution in [1.82, 2.24) is 30.8 Å². The zero-order chi connectivity index (χ0) is 0. The normalized spacial score (nSPS) is 0. The Kier molecular flexibility index (Phi) is 30400. The summed E-state index contributed by atoms with van der Waals surface area (Å²) in [6.45, 7) is 0. The average Bonchev–Trinajstić information content (AvgIpc) is 0. The van der Waals surface area contributed by atoms with Crippen molar-refractivity contribution in [3.05, 3.63) is 0 Å². The molecule has 12 heteroatoms. The van der Waals surface area contributed by atoms with Crippen LogP contribution in [-0.4, -0.2) is 0 Å². The molecule has 0 aliphatic heterocycles. The summed E-state index contributed by atoms with van der Waals surface area (Å²) in [4.78, 5) is 0. The van der Waals surface area contributed by atoms with E-state index in [1.54, 1.807) is 0 Å². The van der Waals surface area contributed by atoms with Crippen molar-refractivity contribution in [2.75, 3.05) is 0 Å². The maximum atomic E-state index is 0. The first-order valence-corrected chi connectivity index (χ1v) is 0. The van der Waals surface area contributed by atoms with Gasteiger partial charge in [0.2, 0.25) is 0 Å². The fraction of sp³-hybridized carbons (Fsp3) is 0. The van der Waals surface area contributed by atoms with Crippen molar-refractivity contribution in [3.8, 4) is 0 Å². The fourth-order valence-electron chi connectivity index (χ4n) is 0. The summed E-state index contributed by atoms with van der Waals surface area (Å²) in [5.41, 5.74) is 0. The molecule has 0 aromatic heterocycles. The van der Waals surface area contributed by atoms with E-state index < -0.39 is 0 Å². The summed E-state index contributed by atoms with van der Waals surface area (Å²) in [6, 6.07) is 0. The zero-order valence-electron chi connectivity index (χ0n) is 6.39. The van der Waals surface area contributed by atoms with Crippen LogP contribution in [0.2, 0.25) is 0 Å². The summed E-state index contributed by atoms with van der Waals surface area (Å²) in [6.07, 6.45) is 0. The molecule has 0 aliphatic rings. The third-order valence-electron chi connectivity index (χ3n) is 0. The van der Waals surface area contributed by atoms with Crippen LogP contribution in [0.1, 0.15) is 0 Å².